The highest BCUT2D eigenvalue weighted by atomic mass is 16.4. The number of carboxylic acids is 1. The zero-order valence-corrected chi connectivity index (χ0v) is 9.08. The van der Waals surface area contributed by atoms with Crippen LogP contribution in [0.3, 0.4) is 0 Å². The van der Waals surface area contributed by atoms with Gasteiger partial charge < -0.3 is 10.2 Å². The Labute approximate surface area is 89.4 Å². The molecule has 1 rings (SSSR count). The maximum absolute atomic E-state index is 10.4. The van der Waals surface area contributed by atoms with Gasteiger partial charge in [-0.15, -0.1) is 0 Å². The quantitative estimate of drug-likeness (QED) is 0.798. The van der Waals surface area contributed by atoms with E-state index in [0.29, 0.717) is 12.8 Å². The summed E-state index contributed by atoms with van der Waals surface area (Å²) in [5.41, 5.74) is 2.91. The molecule has 15 heavy (non-hydrogen) atoms. The number of hydrogen-bond donors (Lipinski definition) is 2. The Morgan fingerprint density at radius 3 is 2.53 bits per heavy atom. The van der Waals surface area contributed by atoms with Gasteiger partial charge in [0.25, 0.3) is 0 Å². The third-order valence-corrected chi connectivity index (χ3v) is 2.41. The topological polar surface area (TPSA) is 57.5 Å². The van der Waals surface area contributed by atoms with Crippen molar-refractivity contribution in [3.63, 3.8) is 0 Å². The number of carbonyl (C=O) groups is 1. The lowest BCUT2D eigenvalue weighted by Gasteiger charge is -2.08. The number of rotatable bonds is 4. The van der Waals surface area contributed by atoms with Crippen LogP contribution in [0.15, 0.2) is 12.1 Å². The molecule has 0 amide bonds. The van der Waals surface area contributed by atoms with Crippen LogP contribution in [-0.4, -0.2) is 16.2 Å². The molecule has 1 aromatic carbocycles. The van der Waals surface area contributed by atoms with E-state index in [9.17, 15) is 9.90 Å². The SMILES string of the molecule is Cc1cc(C)c(CCCC(=O)O)c(O)c1. The number of benzene rings is 1. The average Bonchev–Trinajstić information content (AvgIpc) is 2.08. The minimum absolute atomic E-state index is 0.146. The summed E-state index contributed by atoms with van der Waals surface area (Å²) < 4.78 is 0. The Morgan fingerprint density at radius 1 is 1.33 bits per heavy atom. The Morgan fingerprint density at radius 2 is 2.00 bits per heavy atom. The van der Waals surface area contributed by atoms with Crippen LogP contribution in [0.4, 0.5) is 0 Å². The number of aromatic hydroxyl groups is 1. The molecule has 3 nitrogen and oxygen atoms in total. The summed E-state index contributed by atoms with van der Waals surface area (Å²) in [6.45, 7) is 3.86. The monoisotopic (exact) mass is 208 g/mol. The van der Waals surface area contributed by atoms with Crippen molar-refractivity contribution in [1.29, 1.82) is 0 Å². The van der Waals surface area contributed by atoms with Gasteiger partial charge in [-0.1, -0.05) is 6.07 Å². The normalized spacial score (nSPS) is 10.3. The molecule has 0 aliphatic heterocycles. The molecule has 0 atom stereocenters. The van der Waals surface area contributed by atoms with Crippen LogP contribution < -0.4 is 0 Å². The zero-order chi connectivity index (χ0) is 11.4. The summed E-state index contributed by atoms with van der Waals surface area (Å²) in [6.07, 6.45) is 1.32. The average molecular weight is 208 g/mol. The molecule has 0 saturated carbocycles. The number of carboxylic acid groups (broad SMARTS) is 1. The predicted molar refractivity (Wildman–Crippen MR) is 58.2 cm³/mol. The number of aryl methyl sites for hydroxylation is 2. The molecule has 0 aliphatic rings. The Hall–Kier alpha value is -1.51. The molecule has 1 aromatic rings. The van der Waals surface area contributed by atoms with E-state index in [1.807, 2.05) is 19.9 Å². The van der Waals surface area contributed by atoms with E-state index in [4.69, 9.17) is 5.11 Å². The first-order valence-corrected chi connectivity index (χ1v) is 5.01. The fourth-order valence-corrected chi connectivity index (χ4v) is 1.72. The highest BCUT2D eigenvalue weighted by Gasteiger charge is 2.06. The van der Waals surface area contributed by atoms with Crippen molar-refractivity contribution in [2.45, 2.75) is 33.1 Å². The maximum Gasteiger partial charge on any atom is 0.303 e. The Kier molecular flexibility index (Phi) is 3.72. The van der Waals surface area contributed by atoms with Gasteiger partial charge in [0.2, 0.25) is 0 Å². The van der Waals surface area contributed by atoms with Crippen LogP contribution in [0.1, 0.15) is 29.5 Å². The number of hydrogen-bond acceptors (Lipinski definition) is 2. The lowest BCUT2D eigenvalue weighted by atomic mass is 9.99. The molecule has 0 fully saturated rings. The van der Waals surface area contributed by atoms with E-state index in [1.165, 1.54) is 0 Å². The van der Waals surface area contributed by atoms with E-state index >= 15 is 0 Å². The first-order chi connectivity index (χ1) is 7.00. The number of phenols is 1. The smallest absolute Gasteiger partial charge is 0.303 e. The standard InChI is InChI=1S/C12H16O3/c1-8-6-9(2)10(11(13)7-8)4-3-5-12(14)15/h6-7,13H,3-5H2,1-2H3,(H,14,15). The summed E-state index contributed by atoms with van der Waals surface area (Å²) in [5.74, 6) is -0.517. The van der Waals surface area contributed by atoms with E-state index in [0.717, 1.165) is 16.7 Å². The second-order valence-electron chi connectivity index (χ2n) is 3.83. The molecule has 0 spiro atoms. The van der Waals surface area contributed by atoms with Crippen LogP contribution in [0.5, 0.6) is 5.75 Å². The molecule has 0 unspecified atom stereocenters. The molecule has 2 N–H and O–H groups in total. The minimum atomic E-state index is -0.792. The van der Waals surface area contributed by atoms with E-state index in [2.05, 4.69) is 0 Å². The van der Waals surface area contributed by atoms with Gasteiger partial charge in [-0.05, 0) is 49.4 Å². The number of phenolic OH excluding ortho intramolecular Hbond substituents is 1. The highest BCUT2D eigenvalue weighted by Crippen LogP contribution is 2.24. The highest BCUT2D eigenvalue weighted by molar-refractivity contribution is 5.66. The van der Waals surface area contributed by atoms with Gasteiger partial charge in [0.15, 0.2) is 0 Å². The largest absolute Gasteiger partial charge is 0.508 e. The van der Waals surface area contributed by atoms with Gasteiger partial charge >= 0.3 is 5.97 Å². The van der Waals surface area contributed by atoms with Crippen molar-refractivity contribution in [3.05, 3.63) is 28.8 Å². The lowest BCUT2D eigenvalue weighted by Crippen LogP contribution is -1.98. The first-order valence-electron chi connectivity index (χ1n) is 5.01. The van der Waals surface area contributed by atoms with Crippen molar-refractivity contribution in [3.8, 4) is 5.75 Å². The van der Waals surface area contributed by atoms with Crippen LogP contribution >= 0.6 is 0 Å². The summed E-state index contributed by atoms with van der Waals surface area (Å²) in [7, 11) is 0. The van der Waals surface area contributed by atoms with Gasteiger partial charge in [-0.25, -0.2) is 0 Å². The molecule has 3 heteroatoms. The van der Waals surface area contributed by atoms with Gasteiger partial charge in [-0.2, -0.15) is 0 Å². The molecule has 0 radical (unpaired) electrons. The first kappa shape index (κ1) is 11.6. The second-order valence-corrected chi connectivity index (χ2v) is 3.83. The van der Waals surface area contributed by atoms with Crippen molar-refractivity contribution in [1.82, 2.24) is 0 Å². The zero-order valence-electron chi connectivity index (χ0n) is 9.08. The van der Waals surface area contributed by atoms with E-state index in [1.54, 1.807) is 6.07 Å². The van der Waals surface area contributed by atoms with Crippen LogP contribution in [0, 0.1) is 13.8 Å². The third kappa shape index (κ3) is 3.27. The maximum atomic E-state index is 10.4. The number of aliphatic carboxylic acids is 1. The molecule has 82 valence electrons. The van der Waals surface area contributed by atoms with Crippen LogP contribution in [-0.2, 0) is 11.2 Å². The Bertz CT molecular complexity index is 346. The summed E-state index contributed by atoms with van der Waals surface area (Å²) in [5, 5.41) is 18.2. The van der Waals surface area contributed by atoms with Crippen molar-refractivity contribution < 1.29 is 15.0 Å². The second kappa shape index (κ2) is 4.82. The summed E-state index contributed by atoms with van der Waals surface area (Å²) in [6, 6.07) is 3.71. The predicted octanol–water partition coefficient (Wildman–Crippen LogP) is 2.42. The molecule has 0 bridgehead atoms. The van der Waals surface area contributed by atoms with Crippen molar-refractivity contribution in [2.75, 3.05) is 0 Å². The van der Waals surface area contributed by atoms with Crippen LogP contribution in [0.2, 0.25) is 0 Å². The molecule has 0 heterocycles. The lowest BCUT2D eigenvalue weighted by molar-refractivity contribution is -0.137. The molecule has 0 saturated heterocycles. The van der Waals surface area contributed by atoms with E-state index in [-0.39, 0.29) is 12.2 Å². The third-order valence-electron chi connectivity index (χ3n) is 2.41. The van der Waals surface area contributed by atoms with E-state index < -0.39 is 5.97 Å². The van der Waals surface area contributed by atoms with Gasteiger partial charge in [0, 0.05) is 6.42 Å². The van der Waals surface area contributed by atoms with Gasteiger partial charge in [-0.3, -0.25) is 4.79 Å². The minimum Gasteiger partial charge on any atom is -0.508 e. The summed E-state index contributed by atoms with van der Waals surface area (Å²) in [4.78, 5) is 10.4. The van der Waals surface area contributed by atoms with Crippen molar-refractivity contribution >= 4 is 5.97 Å². The fraction of sp³-hybridized carbons (Fsp3) is 0.417. The molecule has 0 aromatic heterocycles. The van der Waals surface area contributed by atoms with Crippen LogP contribution in [0.25, 0.3) is 0 Å². The van der Waals surface area contributed by atoms with Gasteiger partial charge in [0.05, 0.1) is 0 Å². The Balaban J connectivity index is 2.72. The molecular weight excluding hydrogens is 192 g/mol. The molecule has 0 aliphatic carbocycles. The van der Waals surface area contributed by atoms with Gasteiger partial charge in [0.1, 0.15) is 5.75 Å². The van der Waals surface area contributed by atoms with Crippen molar-refractivity contribution in [2.24, 2.45) is 0 Å². The fourth-order valence-electron chi connectivity index (χ4n) is 1.72. The molecular formula is C12H16O3. The summed E-state index contributed by atoms with van der Waals surface area (Å²) >= 11 is 0.